The minimum Gasteiger partial charge on any atom is -0.317 e. The predicted octanol–water partition coefficient (Wildman–Crippen LogP) is 3.84. The first-order valence-electron chi connectivity index (χ1n) is 5.67. The molecule has 0 aliphatic carbocycles. The van der Waals surface area contributed by atoms with Crippen molar-refractivity contribution in [3.8, 4) is 0 Å². The van der Waals surface area contributed by atoms with Gasteiger partial charge in [0.25, 0.3) is 0 Å². The topological polar surface area (TPSA) is 12.0 Å². The molecule has 0 amide bonds. The van der Waals surface area contributed by atoms with Gasteiger partial charge in [-0.05, 0) is 25.3 Å². The maximum absolute atomic E-state index is 3.36. The summed E-state index contributed by atoms with van der Waals surface area (Å²) < 4.78 is 0. The first-order chi connectivity index (χ1) is 5.99. The van der Waals surface area contributed by atoms with Crippen molar-refractivity contribution in [2.24, 2.45) is 5.41 Å². The molecule has 0 rings (SSSR count). The van der Waals surface area contributed by atoms with Crippen LogP contribution in [0, 0.1) is 5.41 Å². The fourth-order valence-electron chi connectivity index (χ4n) is 1.44. The second kappa shape index (κ2) is 8.55. The molecule has 0 saturated heterocycles. The van der Waals surface area contributed by atoms with E-state index < -0.39 is 0 Å². The van der Waals surface area contributed by atoms with E-state index in [9.17, 15) is 0 Å². The summed E-state index contributed by atoms with van der Waals surface area (Å²) in [6.07, 6.45) is 3.85. The summed E-state index contributed by atoms with van der Waals surface area (Å²) in [7, 11) is 2.06. The molecule has 82 valence electrons. The molecule has 0 aromatic carbocycles. The minimum absolute atomic E-state index is 0.461. The van der Waals surface area contributed by atoms with Crippen molar-refractivity contribution in [3.63, 3.8) is 0 Å². The van der Waals surface area contributed by atoms with Gasteiger partial charge in [-0.3, -0.25) is 0 Å². The lowest BCUT2D eigenvalue weighted by atomic mass is 9.87. The molecule has 0 aliphatic rings. The van der Waals surface area contributed by atoms with E-state index >= 15 is 0 Å². The summed E-state index contributed by atoms with van der Waals surface area (Å²) in [6.45, 7) is 13.1. The lowest BCUT2D eigenvalue weighted by molar-refractivity contribution is 0.306. The van der Waals surface area contributed by atoms with Gasteiger partial charge in [0.15, 0.2) is 0 Å². The van der Waals surface area contributed by atoms with Crippen molar-refractivity contribution in [2.45, 2.75) is 66.8 Å². The molecule has 0 aromatic heterocycles. The van der Waals surface area contributed by atoms with Crippen LogP contribution in [0.5, 0.6) is 0 Å². The molecule has 1 N–H and O–H groups in total. The van der Waals surface area contributed by atoms with E-state index in [1.807, 2.05) is 13.8 Å². The van der Waals surface area contributed by atoms with Gasteiger partial charge in [-0.25, -0.2) is 0 Å². The maximum atomic E-state index is 3.36. The Morgan fingerprint density at radius 3 is 1.85 bits per heavy atom. The van der Waals surface area contributed by atoms with Crippen LogP contribution in [0.2, 0.25) is 0 Å². The lowest BCUT2D eigenvalue weighted by Gasteiger charge is -2.25. The molecule has 1 nitrogen and oxygen atoms in total. The number of hydrogen-bond donors (Lipinski definition) is 1. The highest BCUT2D eigenvalue weighted by molar-refractivity contribution is 4.72. The summed E-state index contributed by atoms with van der Waals surface area (Å²) in [4.78, 5) is 0. The molecule has 0 radical (unpaired) electrons. The molecule has 0 aliphatic heterocycles. The van der Waals surface area contributed by atoms with Crippen LogP contribution in [0.1, 0.15) is 60.8 Å². The molecule has 1 atom stereocenters. The third kappa shape index (κ3) is 12.0. The van der Waals surface area contributed by atoms with Crippen LogP contribution in [0.15, 0.2) is 0 Å². The first kappa shape index (κ1) is 15.4. The van der Waals surface area contributed by atoms with Gasteiger partial charge in [-0.1, -0.05) is 48.0 Å². The Morgan fingerprint density at radius 1 is 1.15 bits per heavy atom. The average molecular weight is 187 g/mol. The SMILES string of the molecule is CC.CCCC(CC(C)(C)C)NC. The number of nitrogens with one attached hydrogen (secondary N) is 1. The zero-order chi connectivity index (χ0) is 10.9. The third-order valence-corrected chi connectivity index (χ3v) is 1.90. The molecule has 0 bridgehead atoms. The molecule has 0 fully saturated rings. The van der Waals surface area contributed by atoms with Crippen LogP contribution in [0.25, 0.3) is 0 Å². The second-order valence-corrected chi connectivity index (χ2v) is 4.54. The van der Waals surface area contributed by atoms with E-state index in [2.05, 4.69) is 40.1 Å². The van der Waals surface area contributed by atoms with E-state index in [0.717, 1.165) is 0 Å². The molecule has 13 heavy (non-hydrogen) atoms. The van der Waals surface area contributed by atoms with Gasteiger partial charge in [0.2, 0.25) is 0 Å². The smallest absolute Gasteiger partial charge is 0.00689 e. The van der Waals surface area contributed by atoms with E-state index in [1.54, 1.807) is 0 Å². The Labute approximate surface area is 85.3 Å². The monoisotopic (exact) mass is 187 g/mol. The van der Waals surface area contributed by atoms with Crippen molar-refractivity contribution in [2.75, 3.05) is 7.05 Å². The summed E-state index contributed by atoms with van der Waals surface area (Å²) in [5.41, 5.74) is 0.461. The maximum Gasteiger partial charge on any atom is 0.00689 e. The minimum atomic E-state index is 0.461. The number of rotatable bonds is 4. The molecular weight excluding hydrogens is 158 g/mol. The van der Waals surface area contributed by atoms with Gasteiger partial charge in [-0.15, -0.1) is 0 Å². The zero-order valence-electron chi connectivity index (χ0n) is 10.7. The van der Waals surface area contributed by atoms with Crippen molar-refractivity contribution >= 4 is 0 Å². The van der Waals surface area contributed by atoms with Crippen LogP contribution in [0.3, 0.4) is 0 Å². The molecular formula is C12H29N. The van der Waals surface area contributed by atoms with Gasteiger partial charge < -0.3 is 5.32 Å². The third-order valence-electron chi connectivity index (χ3n) is 1.90. The van der Waals surface area contributed by atoms with E-state index in [1.165, 1.54) is 19.3 Å². The molecule has 0 aromatic rings. The van der Waals surface area contributed by atoms with Crippen LogP contribution >= 0.6 is 0 Å². The first-order valence-corrected chi connectivity index (χ1v) is 5.67. The van der Waals surface area contributed by atoms with Crippen molar-refractivity contribution in [1.29, 1.82) is 0 Å². The summed E-state index contributed by atoms with van der Waals surface area (Å²) in [5.74, 6) is 0. The lowest BCUT2D eigenvalue weighted by Crippen LogP contribution is -2.29. The molecule has 0 saturated carbocycles. The van der Waals surface area contributed by atoms with Crippen LogP contribution in [-0.4, -0.2) is 13.1 Å². The summed E-state index contributed by atoms with van der Waals surface area (Å²) in [6, 6.07) is 0.708. The van der Waals surface area contributed by atoms with Crippen molar-refractivity contribution in [1.82, 2.24) is 5.32 Å². The van der Waals surface area contributed by atoms with E-state index in [0.29, 0.717) is 11.5 Å². The van der Waals surface area contributed by atoms with Crippen LogP contribution in [-0.2, 0) is 0 Å². The van der Waals surface area contributed by atoms with Crippen LogP contribution < -0.4 is 5.32 Å². The van der Waals surface area contributed by atoms with E-state index in [4.69, 9.17) is 0 Å². The Balaban J connectivity index is 0. The standard InChI is InChI=1S/C10H23N.C2H6/c1-6-7-9(11-5)8-10(2,3)4;1-2/h9,11H,6-8H2,1-5H3;1-2H3. The van der Waals surface area contributed by atoms with Crippen molar-refractivity contribution in [3.05, 3.63) is 0 Å². The van der Waals surface area contributed by atoms with E-state index in [-0.39, 0.29) is 0 Å². The Bertz CT molecular complexity index is 91.8. The van der Waals surface area contributed by atoms with Gasteiger partial charge >= 0.3 is 0 Å². The number of hydrogen-bond acceptors (Lipinski definition) is 1. The second-order valence-electron chi connectivity index (χ2n) is 4.54. The van der Waals surface area contributed by atoms with Gasteiger partial charge in [0, 0.05) is 6.04 Å². The quantitative estimate of drug-likeness (QED) is 0.705. The van der Waals surface area contributed by atoms with Gasteiger partial charge in [-0.2, -0.15) is 0 Å². The Morgan fingerprint density at radius 2 is 1.62 bits per heavy atom. The Kier molecular flexibility index (Phi) is 10.2. The molecule has 1 unspecified atom stereocenters. The fourth-order valence-corrected chi connectivity index (χ4v) is 1.44. The Hall–Kier alpha value is -0.0400. The van der Waals surface area contributed by atoms with Crippen molar-refractivity contribution < 1.29 is 0 Å². The highest BCUT2D eigenvalue weighted by atomic mass is 14.9. The normalized spacial score (nSPS) is 13.2. The predicted molar refractivity (Wildman–Crippen MR) is 63.2 cm³/mol. The van der Waals surface area contributed by atoms with Crippen LogP contribution in [0.4, 0.5) is 0 Å². The fraction of sp³-hybridized carbons (Fsp3) is 1.00. The highest BCUT2D eigenvalue weighted by Gasteiger charge is 2.15. The molecule has 0 spiro atoms. The largest absolute Gasteiger partial charge is 0.317 e. The van der Waals surface area contributed by atoms with Gasteiger partial charge in [0.1, 0.15) is 0 Å². The average Bonchev–Trinajstić information content (AvgIpc) is 2.05. The highest BCUT2D eigenvalue weighted by Crippen LogP contribution is 2.22. The summed E-state index contributed by atoms with van der Waals surface area (Å²) in [5, 5.41) is 3.36. The zero-order valence-corrected chi connectivity index (χ0v) is 10.7. The summed E-state index contributed by atoms with van der Waals surface area (Å²) >= 11 is 0. The molecule has 0 heterocycles. The molecule has 1 heteroatoms. The van der Waals surface area contributed by atoms with Gasteiger partial charge in [0.05, 0.1) is 0 Å².